The summed E-state index contributed by atoms with van der Waals surface area (Å²) in [6.45, 7) is 16.2. The zero-order valence-electron chi connectivity index (χ0n) is 20.6. The van der Waals surface area contributed by atoms with Gasteiger partial charge < -0.3 is 9.47 Å². The number of methoxy groups -OCH3 is 2. The SMILES string of the molecule is CC.CC.CC.CO/C=C(\C(=O)OC)C1=C(C#Cc2ccccc2)CC(C)=C(C)C1. The van der Waals surface area contributed by atoms with E-state index in [2.05, 4.69) is 25.7 Å². The predicted octanol–water partition coefficient (Wildman–Crippen LogP) is 7.25. The largest absolute Gasteiger partial charge is 0.503 e. The van der Waals surface area contributed by atoms with Crippen LogP contribution in [0.5, 0.6) is 0 Å². The average Bonchev–Trinajstić information content (AvgIpc) is 2.82. The van der Waals surface area contributed by atoms with E-state index in [0.29, 0.717) is 12.0 Å². The van der Waals surface area contributed by atoms with E-state index in [4.69, 9.17) is 9.47 Å². The minimum atomic E-state index is -0.404. The molecule has 2 rings (SSSR count). The molecule has 1 aromatic rings. The molecule has 0 N–H and O–H groups in total. The van der Waals surface area contributed by atoms with Crippen LogP contribution in [0.15, 0.2) is 64.5 Å². The van der Waals surface area contributed by atoms with Crippen molar-refractivity contribution in [1.82, 2.24) is 0 Å². The Morgan fingerprint density at radius 1 is 0.867 bits per heavy atom. The maximum absolute atomic E-state index is 12.1. The molecule has 1 aliphatic rings. The number of benzene rings is 1. The van der Waals surface area contributed by atoms with Crippen molar-refractivity contribution >= 4 is 5.97 Å². The van der Waals surface area contributed by atoms with Crippen LogP contribution in [0.2, 0.25) is 0 Å². The minimum Gasteiger partial charge on any atom is -0.503 e. The Kier molecular flexibility index (Phi) is 18.0. The topological polar surface area (TPSA) is 35.5 Å². The van der Waals surface area contributed by atoms with Crippen LogP contribution in [0, 0.1) is 11.8 Å². The zero-order chi connectivity index (χ0) is 23.5. The van der Waals surface area contributed by atoms with E-state index < -0.39 is 5.97 Å². The predicted molar refractivity (Wildman–Crippen MR) is 129 cm³/mol. The first-order chi connectivity index (χ1) is 14.6. The quantitative estimate of drug-likeness (QED) is 0.172. The van der Waals surface area contributed by atoms with Gasteiger partial charge >= 0.3 is 5.97 Å². The number of hydrogen-bond donors (Lipinski definition) is 0. The van der Waals surface area contributed by atoms with E-state index in [1.807, 2.05) is 71.9 Å². The number of ether oxygens (including phenoxy) is 2. The summed E-state index contributed by atoms with van der Waals surface area (Å²) in [4.78, 5) is 12.1. The van der Waals surface area contributed by atoms with Gasteiger partial charge in [0.15, 0.2) is 0 Å². The van der Waals surface area contributed by atoms with Crippen LogP contribution in [0.25, 0.3) is 0 Å². The van der Waals surface area contributed by atoms with Gasteiger partial charge in [0.25, 0.3) is 0 Å². The third-order valence-electron chi connectivity index (χ3n) is 4.07. The Balaban J connectivity index is 0. The fourth-order valence-electron chi connectivity index (χ4n) is 2.56. The van der Waals surface area contributed by atoms with Gasteiger partial charge in [-0.1, -0.05) is 82.7 Å². The van der Waals surface area contributed by atoms with Gasteiger partial charge in [0, 0.05) is 17.6 Å². The molecule has 0 amide bonds. The lowest BCUT2D eigenvalue weighted by Gasteiger charge is -2.21. The Morgan fingerprint density at radius 3 is 1.90 bits per heavy atom. The van der Waals surface area contributed by atoms with Gasteiger partial charge in [0.05, 0.1) is 26.1 Å². The van der Waals surface area contributed by atoms with Crippen molar-refractivity contribution in [3.05, 3.63) is 70.0 Å². The van der Waals surface area contributed by atoms with E-state index >= 15 is 0 Å². The lowest BCUT2D eigenvalue weighted by atomic mass is 9.84. The van der Waals surface area contributed by atoms with Crippen molar-refractivity contribution in [2.75, 3.05) is 14.2 Å². The summed E-state index contributed by atoms with van der Waals surface area (Å²) in [6, 6.07) is 9.82. The Hall–Kier alpha value is -2.73. The number of esters is 1. The second-order valence-electron chi connectivity index (χ2n) is 5.75. The van der Waals surface area contributed by atoms with Crippen molar-refractivity contribution in [1.29, 1.82) is 0 Å². The fourth-order valence-corrected chi connectivity index (χ4v) is 2.56. The van der Waals surface area contributed by atoms with Crippen LogP contribution in [0.3, 0.4) is 0 Å². The first-order valence-corrected chi connectivity index (χ1v) is 10.8. The molecule has 0 saturated carbocycles. The van der Waals surface area contributed by atoms with E-state index in [9.17, 15) is 4.79 Å². The molecule has 3 heteroatoms. The van der Waals surface area contributed by atoms with Crippen LogP contribution in [-0.4, -0.2) is 20.2 Å². The van der Waals surface area contributed by atoms with Gasteiger partial charge in [-0.15, -0.1) is 0 Å². The standard InChI is InChI=1S/C21H22O3.3C2H6/c1-15-12-18(11-10-17-8-6-5-7-9-17)19(13-16(15)2)20(14-23-3)21(22)24-4;3*1-2/h5-9,14H,12-13H2,1-4H3;3*1-2H3/b20-14-;;;. The fraction of sp³-hybridized carbons (Fsp3) is 0.444. The highest BCUT2D eigenvalue weighted by molar-refractivity contribution is 5.94. The molecule has 0 spiro atoms. The summed E-state index contributed by atoms with van der Waals surface area (Å²) in [5.41, 5.74) is 5.75. The molecule has 0 unspecified atom stereocenters. The Bertz CT molecular complexity index is 769. The van der Waals surface area contributed by atoms with Gasteiger partial charge in [0.1, 0.15) is 0 Å². The highest BCUT2D eigenvalue weighted by atomic mass is 16.5. The highest BCUT2D eigenvalue weighted by Crippen LogP contribution is 2.34. The molecule has 0 heterocycles. The van der Waals surface area contributed by atoms with Crippen molar-refractivity contribution in [3.8, 4) is 11.8 Å². The molecule has 0 fully saturated rings. The third-order valence-corrected chi connectivity index (χ3v) is 4.07. The number of hydrogen-bond acceptors (Lipinski definition) is 3. The maximum Gasteiger partial charge on any atom is 0.341 e. The van der Waals surface area contributed by atoms with Crippen LogP contribution in [-0.2, 0) is 14.3 Å². The lowest BCUT2D eigenvalue weighted by Crippen LogP contribution is -2.13. The van der Waals surface area contributed by atoms with Crippen LogP contribution in [0.4, 0.5) is 0 Å². The van der Waals surface area contributed by atoms with Crippen LogP contribution < -0.4 is 0 Å². The smallest absolute Gasteiger partial charge is 0.341 e. The molecule has 0 atom stereocenters. The Morgan fingerprint density at radius 2 is 1.40 bits per heavy atom. The first kappa shape index (κ1) is 29.5. The van der Waals surface area contributed by atoms with E-state index in [1.165, 1.54) is 31.6 Å². The van der Waals surface area contributed by atoms with Crippen molar-refractivity contribution in [3.63, 3.8) is 0 Å². The number of carbonyl (C=O) groups excluding carboxylic acids is 1. The molecule has 1 aliphatic carbocycles. The van der Waals surface area contributed by atoms with E-state index in [-0.39, 0.29) is 0 Å². The Labute approximate surface area is 184 Å². The van der Waals surface area contributed by atoms with Crippen LogP contribution >= 0.6 is 0 Å². The molecule has 1 aromatic carbocycles. The van der Waals surface area contributed by atoms with E-state index in [0.717, 1.165) is 23.1 Å². The number of rotatable bonds is 3. The summed E-state index contributed by atoms with van der Waals surface area (Å²) >= 11 is 0. The van der Waals surface area contributed by atoms with Gasteiger partial charge in [0.2, 0.25) is 0 Å². The van der Waals surface area contributed by atoms with Gasteiger partial charge in [-0.3, -0.25) is 0 Å². The molecule has 0 saturated heterocycles. The molecule has 30 heavy (non-hydrogen) atoms. The summed E-state index contributed by atoms with van der Waals surface area (Å²) in [7, 11) is 2.90. The van der Waals surface area contributed by atoms with Crippen LogP contribution in [0.1, 0.15) is 73.8 Å². The highest BCUT2D eigenvalue weighted by Gasteiger charge is 2.23. The molecule has 0 radical (unpaired) electrons. The monoisotopic (exact) mass is 412 g/mol. The second-order valence-corrected chi connectivity index (χ2v) is 5.75. The summed E-state index contributed by atoms with van der Waals surface area (Å²) in [5.74, 6) is 6.03. The third kappa shape index (κ3) is 9.65. The van der Waals surface area contributed by atoms with Crippen molar-refractivity contribution in [2.45, 2.75) is 68.2 Å². The average molecular weight is 413 g/mol. The summed E-state index contributed by atoms with van der Waals surface area (Å²) in [5, 5.41) is 0. The van der Waals surface area contributed by atoms with Crippen molar-refractivity contribution in [2.24, 2.45) is 0 Å². The normalized spacial score (nSPS) is 12.5. The molecule has 166 valence electrons. The van der Waals surface area contributed by atoms with Gasteiger partial charge in [-0.25, -0.2) is 4.79 Å². The maximum atomic E-state index is 12.1. The number of carbonyl (C=O) groups is 1. The van der Waals surface area contributed by atoms with Gasteiger partial charge in [-0.2, -0.15) is 0 Å². The van der Waals surface area contributed by atoms with Crippen molar-refractivity contribution < 1.29 is 14.3 Å². The molecule has 3 nitrogen and oxygen atoms in total. The minimum absolute atomic E-state index is 0.404. The molecule has 0 aliphatic heterocycles. The molecular formula is C27H40O3. The van der Waals surface area contributed by atoms with Gasteiger partial charge in [-0.05, 0) is 38.0 Å². The second kappa shape index (κ2) is 18.3. The number of allylic oxidation sites excluding steroid dienone is 3. The molecular weight excluding hydrogens is 372 g/mol. The summed E-state index contributed by atoms with van der Waals surface area (Å²) < 4.78 is 10.00. The van der Waals surface area contributed by atoms with E-state index in [1.54, 1.807) is 0 Å². The molecule has 0 aromatic heterocycles. The summed E-state index contributed by atoms with van der Waals surface area (Å²) in [6.07, 6.45) is 2.85. The molecule has 0 bridgehead atoms. The zero-order valence-corrected chi connectivity index (χ0v) is 20.6. The lowest BCUT2D eigenvalue weighted by molar-refractivity contribution is -0.136. The first-order valence-electron chi connectivity index (χ1n) is 10.8.